The van der Waals surface area contributed by atoms with Gasteiger partial charge in [-0.05, 0) is 6.26 Å². The van der Waals surface area contributed by atoms with E-state index in [0.717, 1.165) is 25.4 Å². The zero-order valence-corrected chi connectivity index (χ0v) is 14.3. The molecule has 1 aromatic heterocycles. The molecule has 2 rings (SSSR count). The molecule has 0 aromatic carbocycles. The Bertz CT molecular complexity index is 637. The fourth-order valence-corrected chi connectivity index (χ4v) is 2.75. The van der Waals surface area contributed by atoms with Gasteiger partial charge in [0.15, 0.2) is 0 Å². The molecular weight excluding hydrogens is 336 g/mol. The molecule has 134 valence electrons. The second-order valence-electron chi connectivity index (χ2n) is 5.11. The van der Waals surface area contributed by atoms with Crippen LogP contribution in [0.1, 0.15) is 5.56 Å². The van der Waals surface area contributed by atoms with Crippen LogP contribution in [0.5, 0.6) is 0 Å². The van der Waals surface area contributed by atoms with Gasteiger partial charge < -0.3 is 10.0 Å². The molecule has 0 unspecified atom stereocenters. The number of hydrogen-bond acceptors (Lipinski definition) is 6. The summed E-state index contributed by atoms with van der Waals surface area (Å²) in [6.45, 7) is 3.86. The number of amides is 1. The lowest BCUT2D eigenvalue weighted by Crippen LogP contribution is -2.49. The van der Waals surface area contributed by atoms with E-state index in [1.54, 1.807) is 4.90 Å². The van der Waals surface area contributed by atoms with Crippen LogP contribution in [0.3, 0.4) is 0 Å². The van der Waals surface area contributed by atoms with Crippen LogP contribution < -0.4 is 11.1 Å². The summed E-state index contributed by atoms with van der Waals surface area (Å²) in [6, 6.07) is 1.19. The summed E-state index contributed by atoms with van der Waals surface area (Å²) in [6.07, 6.45) is 2.06. The molecule has 0 radical (unpaired) electrons. The highest BCUT2D eigenvalue weighted by Gasteiger charge is 2.21. The predicted octanol–water partition coefficient (Wildman–Crippen LogP) is -1.19. The van der Waals surface area contributed by atoms with Gasteiger partial charge in [0.05, 0.1) is 6.42 Å². The maximum Gasteiger partial charge on any atom is 0.290 e. The van der Waals surface area contributed by atoms with Crippen LogP contribution in [-0.2, 0) is 16.0 Å². The quantitative estimate of drug-likeness (QED) is 0.565. The highest BCUT2D eigenvalue weighted by Crippen LogP contribution is 2.05. The van der Waals surface area contributed by atoms with Gasteiger partial charge in [0.1, 0.15) is 0 Å². The van der Waals surface area contributed by atoms with E-state index in [0.29, 0.717) is 13.1 Å². The summed E-state index contributed by atoms with van der Waals surface area (Å²) in [5.74, 6) is 0.992. The Kier molecular flexibility index (Phi) is 8.87. The molecule has 3 N–H and O–H groups in total. The summed E-state index contributed by atoms with van der Waals surface area (Å²) in [5, 5.41) is 11.3. The summed E-state index contributed by atoms with van der Waals surface area (Å²) < 4.78 is 0. The monoisotopic (exact) mass is 358 g/mol. The number of piperazine rings is 1. The molecule has 0 spiro atoms. The minimum absolute atomic E-state index is 0.0237. The maximum absolute atomic E-state index is 12.2. The molecule has 0 bridgehead atoms. The summed E-state index contributed by atoms with van der Waals surface area (Å²) in [5.41, 5.74) is -0.602. The van der Waals surface area contributed by atoms with Gasteiger partial charge >= 0.3 is 0 Å². The van der Waals surface area contributed by atoms with Crippen molar-refractivity contribution in [3.8, 4) is 0 Å². The molecule has 10 heteroatoms. The van der Waals surface area contributed by atoms with Gasteiger partial charge in [-0.2, -0.15) is 11.8 Å². The SMILES string of the molecule is CSCCN1CCN(C(=O)Cc2cc(=O)[nH][nH]c2=O)CC1.O=CO. The second-order valence-corrected chi connectivity index (χ2v) is 6.10. The number of H-pyrrole nitrogens is 2. The van der Waals surface area contributed by atoms with Crippen LogP contribution >= 0.6 is 11.8 Å². The molecule has 0 aliphatic carbocycles. The number of rotatable bonds is 5. The number of carbonyl (C=O) groups excluding carboxylic acids is 1. The molecule has 1 fully saturated rings. The lowest BCUT2D eigenvalue weighted by atomic mass is 10.2. The number of nitrogens with zero attached hydrogens (tertiary/aromatic N) is 2. The van der Waals surface area contributed by atoms with E-state index < -0.39 is 11.1 Å². The van der Waals surface area contributed by atoms with Crippen LogP contribution in [0.2, 0.25) is 0 Å². The Balaban J connectivity index is 0.000000891. The van der Waals surface area contributed by atoms with Crippen LogP contribution in [0.4, 0.5) is 0 Å². The number of carbonyl (C=O) groups is 2. The van der Waals surface area contributed by atoms with Crippen LogP contribution in [0.25, 0.3) is 0 Å². The second kappa shape index (κ2) is 10.7. The third-order valence-corrected chi connectivity index (χ3v) is 4.17. The Morgan fingerprint density at radius 3 is 2.50 bits per heavy atom. The highest BCUT2D eigenvalue weighted by atomic mass is 32.2. The molecule has 9 nitrogen and oxygen atoms in total. The summed E-state index contributed by atoms with van der Waals surface area (Å²) in [7, 11) is 0. The lowest BCUT2D eigenvalue weighted by molar-refractivity contribution is -0.132. The standard InChI is InChI=1S/C13H20N4O3S.CH2O2/c1-21-7-6-16-2-4-17(5-3-16)12(19)9-10-8-11(18)14-15-13(10)20;2-1-3/h8H,2-7,9H2,1H3,(H,14,18)(H,15,20);1H,(H,2,3). The summed E-state index contributed by atoms with van der Waals surface area (Å²) in [4.78, 5) is 47.4. The van der Waals surface area contributed by atoms with E-state index in [-0.39, 0.29) is 24.4 Å². The van der Waals surface area contributed by atoms with Gasteiger partial charge in [0.25, 0.3) is 17.6 Å². The molecule has 1 aliphatic heterocycles. The van der Waals surface area contributed by atoms with Gasteiger partial charge in [-0.1, -0.05) is 0 Å². The first kappa shape index (κ1) is 20.0. The molecule has 0 saturated carbocycles. The van der Waals surface area contributed by atoms with Crippen LogP contribution in [0, 0.1) is 0 Å². The van der Waals surface area contributed by atoms with E-state index in [1.807, 2.05) is 11.8 Å². The van der Waals surface area contributed by atoms with Gasteiger partial charge in [-0.3, -0.25) is 34.3 Å². The maximum atomic E-state index is 12.2. The van der Waals surface area contributed by atoms with Crippen molar-refractivity contribution in [3.63, 3.8) is 0 Å². The molecule has 2 heterocycles. The van der Waals surface area contributed by atoms with Gasteiger partial charge in [0, 0.05) is 50.1 Å². The first-order chi connectivity index (χ1) is 11.5. The number of aromatic nitrogens is 2. The highest BCUT2D eigenvalue weighted by molar-refractivity contribution is 7.98. The van der Waals surface area contributed by atoms with E-state index in [4.69, 9.17) is 9.90 Å². The van der Waals surface area contributed by atoms with Crippen molar-refractivity contribution in [2.24, 2.45) is 0 Å². The summed E-state index contributed by atoms with van der Waals surface area (Å²) >= 11 is 1.81. The minimum atomic E-state index is -0.415. The molecule has 1 aromatic rings. The third-order valence-electron chi connectivity index (χ3n) is 3.57. The van der Waals surface area contributed by atoms with E-state index >= 15 is 0 Å². The van der Waals surface area contributed by atoms with E-state index in [9.17, 15) is 14.4 Å². The molecule has 1 aliphatic rings. The fraction of sp³-hybridized carbons (Fsp3) is 0.571. The van der Waals surface area contributed by atoms with Crippen molar-refractivity contribution in [2.45, 2.75) is 6.42 Å². The molecule has 24 heavy (non-hydrogen) atoms. The molecule has 0 atom stereocenters. The van der Waals surface area contributed by atoms with Gasteiger partial charge in [0.2, 0.25) is 5.91 Å². The van der Waals surface area contributed by atoms with Crippen molar-refractivity contribution in [1.82, 2.24) is 20.0 Å². The topological polar surface area (TPSA) is 127 Å². The first-order valence-corrected chi connectivity index (χ1v) is 8.79. The average molecular weight is 358 g/mol. The number of hydrogen-bond donors (Lipinski definition) is 3. The number of thioether (sulfide) groups is 1. The van der Waals surface area contributed by atoms with Crippen molar-refractivity contribution in [2.75, 3.05) is 44.7 Å². The Morgan fingerprint density at radius 2 is 1.92 bits per heavy atom. The van der Waals surface area contributed by atoms with Crippen molar-refractivity contribution in [1.29, 1.82) is 0 Å². The number of aromatic amines is 2. The fourth-order valence-electron chi connectivity index (χ4n) is 2.31. The molecular formula is C14H22N4O5S. The van der Waals surface area contributed by atoms with Crippen molar-refractivity contribution >= 4 is 24.1 Å². The van der Waals surface area contributed by atoms with Gasteiger partial charge in [-0.15, -0.1) is 0 Å². The van der Waals surface area contributed by atoms with Crippen molar-refractivity contribution < 1.29 is 14.7 Å². The Labute approximate surface area is 143 Å². The normalized spacial score (nSPS) is 14.6. The lowest BCUT2D eigenvalue weighted by Gasteiger charge is -2.34. The Morgan fingerprint density at radius 1 is 1.29 bits per heavy atom. The van der Waals surface area contributed by atoms with Crippen LogP contribution in [-0.4, -0.2) is 82.2 Å². The van der Waals surface area contributed by atoms with Gasteiger partial charge in [-0.25, -0.2) is 0 Å². The minimum Gasteiger partial charge on any atom is -0.483 e. The zero-order valence-electron chi connectivity index (χ0n) is 13.5. The molecule has 1 amide bonds. The van der Waals surface area contributed by atoms with Crippen molar-refractivity contribution in [3.05, 3.63) is 32.3 Å². The number of nitrogens with one attached hydrogen (secondary N) is 2. The Hall–Kier alpha value is -2.07. The zero-order chi connectivity index (χ0) is 17.9. The number of carboxylic acid groups (broad SMARTS) is 1. The van der Waals surface area contributed by atoms with E-state index in [2.05, 4.69) is 21.4 Å². The van der Waals surface area contributed by atoms with Crippen LogP contribution in [0.15, 0.2) is 15.7 Å². The average Bonchev–Trinajstić information content (AvgIpc) is 2.57. The largest absolute Gasteiger partial charge is 0.483 e. The predicted molar refractivity (Wildman–Crippen MR) is 91.5 cm³/mol. The first-order valence-electron chi connectivity index (χ1n) is 7.39. The smallest absolute Gasteiger partial charge is 0.290 e. The molecule has 1 saturated heterocycles. The van der Waals surface area contributed by atoms with E-state index in [1.165, 1.54) is 6.07 Å². The third kappa shape index (κ3) is 6.59.